The summed E-state index contributed by atoms with van der Waals surface area (Å²) in [6.07, 6.45) is 1.66. The molecule has 0 spiro atoms. The monoisotopic (exact) mass is 565 g/mol. The van der Waals surface area contributed by atoms with Gasteiger partial charge in [0.15, 0.2) is 11.5 Å². The molecule has 1 aliphatic heterocycles. The predicted molar refractivity (Wildman–Crippen MR) is 169 cm³/mol. The highest BCUT2D eigenvalue weighted by atomic mass is 16.5. The molecule has 1 heterocycles. The van der Waals surface area contributed by atoms with E-state index in [4.69, 9.17) is 9.73 Å². The zero-order chi connectivity index (χ0) is 29.8. The maximum atomic E-state index is 13.8. The summed E-state index contributed by atoms with van der Waals surface area (Å²) in [5.74, 6) is 0.252. The molecule has 0 saturated carbocycles. The third-order valence-corrected chi connectivity index (χ3v) is 7.00. The van der Waals surface area contributed by atoms with E-state index in [1.807, 2.05) is 91.0 Å². The highest BCUT2D eigenvalue weighted by Gasteiger charge is 2.33. The predicted octanol–water partition coefficient (Wildman–Crippen LogP) is 7.21. The number of para-hydroxylation sites is 2. The largest absolute Gasteiger partial charge is 0.504 e. The molecule has 7 nitrogen and oxygen atoms in total. The van der Waals surface area contributed by atoms with Crippen LogP contribution in [0.3, 0.4) is 0 Å². The lowest BCUT2D eigenvalue weighted by Gasteiger charge is -2.24. The summed E-state index contributed by atoms with van der Waals surface area (Å²) in [4.78, 5) is 35.6. The molecule has 0 bridgehead atoms. The van der Waals surface area contributed by atoms with Crippen molar-refractivity contribution in [2.45, 2.75) is 0 Å². The first-order valence-corrected chi connectivity index (χ1v) is 13.7. The number of aliphatic imine (C=N–C) groups is 1. The smallest absolute Gasteiger partial charge is 0.282 e. The number of phenolic OH excluding ortho intramolecular Hbond substituents is 1. The molecule has 0 aromatic heterocycles. The van der Waals surface area contributed by atoms with E-state index in [1.54, 1.807) is 52.3 Å². The second-order valence-corrected chi connectivity index (χ2v) is 9.76. The lowest BCUT2D eigenvalue weighted by Crippen LogP contribution is -2.32. The number of benzene rings is 5. The molecular formula is C36H27N3O4. The standard InChI is InChI=1S/C36H27N3O4/c1-43-33-24-25(17-22-32(33)40)23-31-36(42)39(34(37-31)26-11-5-2-6-12-26)30-20-18-27(19-21-30)35(41)38(28-13-7-3-8-14-28)29-15-9-4-10-16-29/h2-24,40H,1H3/b31-23+. The van der Waals surface area contributed by atoms with E-state index in [0.717, 1.165) is 16.9 Å². The normalized spacial score (nSPS) is 13.6. The van der Waals surface area contributed by atoms with Gasteiger partial charge in [0.2, 0.25) is 0 Å². The van der Waals surface area contributed by atoms with E-state index in [0.29, 0.717) is 28.4 Å². The van der Waals surface area contributed by atoms with Gasteiger partial charge in [-0.3, -0.25) is 19.4 Å². The van der Waals surface area contributed by atoms with Crippen molar-refractivity contribution in [3.8, 4) is 11.5 Å². The lowest BCUT2D eigenvalue weighted by molar-refractivity contribution is -0.113. The Bertz CT molecular complexity index is 1800. The number of nitrogens with zero attached hydrogens (tertiary/aromatic N) is 3. The summed E-state index contributed by atoms with van der Waals surface area (Å²) in [6, 6.07) is 40.2. The van der Waals surface area contributed by atoms with Gasteiger partial charge in [-0.1, -0.05) is 72.8 Å². The van der Waals surface area contributed by atoms with Crippen molar-refractivity contribution in [3.05, 3.63) is 156 Å². The molecular weight excluding hydrogens is 538 g/mol. The Balaban J connectivity index is 1.36. The number of phenols is 1. The molecule has 0 fully saturated rings. The lowest BCUT2D eigenvalue weighted by atomic mass is 10.1. The number of carbonyl (C=O) groups is 2. The fourth-order valence-corrected chi connectivity index (χ4v) is 4.90. The summed E-state index contributed by atoms with van der Waals surface area (Å²) in [6.45, 7) is 0. The Hall–Kier alpha value is -5.95. The van der Waals surface area contributed by atoms with Gasteiger partial charge in [0, 0.05) is 22.5 Å². The van der Waals surface area contributed by atoms with Gasteiger partial charge < -0.3 is 9.84 Å². The molecule has 1 aliphatic rings. The van der Waals surface area contributed by atoms with Gasteiger partial charge in [-0.05, 0) is 72.3 Å². The van der Waals surface area contributed by atoms with Gasteiger partial charge in [-0.2, -0.15) is 0 Å². The van der Waals surface area contributed by atoms with Crippen molar-refractivity contribution in [3.63, 3.8) is 0 Å². The number of anilines is 3. The molecule has 6 rings (SSSR count). The SMILES string of the molecule is COc1cc(/C=C2/N=C(c3ccccc3)N(c3ccc(C(=O)N(c4ccccc4)c4ccccc4)cc3)C2=O)ccc1O. The number of rotatable bonds is 7. The first-order valence-electron chi connectivity index (χ1n) is 13.7. The van der Waals surface area contributed by atoms with Crippen molar-refractivity contribution in [2.24, 2.45) is 4.99 Å². The maximum absolute atomic E-state index is 13.8. The van der Waals surface area contributed by atoms with Gasteiger partial charge in [-0.15, -0.1) is 0 Å². The Morgan fingerprint density at radius 2 is 1.37 bits per heavy atom. The highest BCUT2D eigenvalue weighted by Crippen LogP contribution is 2.32. The Morgan fingerprint density at radius 1 is 0.791 bits per heavy atom. The molecule has 0 radical (unpaired) electrons. The number of hydrogen-bond donors (Lipinski definition) is 1. The first-order chi connectivity index (χ1) is 21.0. The van der Waals surface area contributed by atoms with E-state index in [1.165, 1.54) is 13.2 Å². The molecule has 5 aromatic rings. The van der Waals surface area contributed by atoms with E-state index in [2.05, 4.69) is 0 Å². The van der Waals surface area contributed by atoms with Gasteiger partial charge in [0.25, 0.3) is 11.8 Å². The zero-order valence-electron chi connectivity index (χ0n) is 23.3. The van der Waals surface area contributed by atoms with Crippen LogP contribution in [0.4, 0.5) is 17.1 Å². The summed E-state index contributed by atoms with van der Waals surface area (Å²) in [5, 5.41) is 9.98. The minimum atomic E-state index is -0.319. The van der Waals surface area contributed by atoms with E-state index >= 15 is 0 Å². The number of aromatic hydroxyl groups is 1. The topological polar surface area (TPSA) is 82.4 Å². The molecule has 2 amide bonds. The van der Waals surface area contributed by atoms with Crippen molar-refractivity contribution in [1.82, 2.24) is 0 Å². The summed E-state index contributed by atoms with van der Waals surface area (Å²) in [5.41, 5.74) is 4.18. The third kappa shape index (κ3) is 5.52. The number of carbonyl (C=O) groups excluding carboxylic acids is 2. The van der Waals surface area contributed by atoms with Crippen molar-refractivity contribution < 1.29 is 19.4 Å². The van der Waals surface area contributed by atoms with Crippen molar-refractivity contribution in [2.75, 3.05) is 16.9 Å². The number of amidine groups is 1. The number of methoxy groups -OCH3 is 1. The van der Waals surface area contributed by atoms with Crippen LogP contribution in [0.1, 0.15) is 21.5 Å². The van der Waals surface area contributed by atoms with Crippen LogP contribution in [-0.2, 0) is 4.79 Å². The fourth-order valence-electron chi connectivity index (χ4n) is 4.90. The van der Waals surface area contributed by atoms with Crippen LogP contribution in [0.15, 0.2) is 144 Å². The number of hydrogen-bond acceptors (Lipinski definition) is 5. The van der Waals surface area contributed by atoms with Crippen LogP contribution in [0.5, 0.6) is 11.5 Å². The minimum absolute atomic E-state index is 0.00484. The molecule has 43 heavy (non-hydrogen) atoms. The average molecular weight is 566 g/mol. The van der Waals surface area contributed by atoms with Crippen LogP contribution in [0.2, 0.25) is 0 Å². The molecule has 0 unspecified atom stereocenters. The highest BCUT2D eigenvalue weighted by molar-refractivity contribution is 6.33. The summed E-state index contributed by atoms with van der Waals surface area (Å²) < 4.78 is 5.22. The number of ether oxygens (including phenoxy) is 1. The van der Waals surface area contributed by atoms with Crippen LogP contribution in [-0.4, -0.2) is 29.9 Å². The molecule has 0 aliphatic carbocycles. The minimum Gasteiger partial charge on any atom is -0.504 e. The van der Waals surface area contributed by atoms with Crippen LogP contribution < -0.4 is 14.5 Å². The summed E-state index contributed by atoms with van der Waals surface area (Å²) >= 11 is 0. The quantitative estimate of drug-likeness (QED) is 0.211. The van der Waals surface area contributed by atoms with Crippen molar-refractivity contribution in [1.29, 1.82) is 0 Å². The fraction of sp³-hybridized carbons (Fsp3) is 0.0278. The Morgan fingerprint density at radius 3 is 1.95 bits per heavy atom. The van der Waals surface area contributed by atoms with Crippen molar-refractivity contribution >= 4 is 40.8 Å². The van der Waals surface area contributed by atoms with E-state index < -0.39 is 0 Å². The third-order valence-electron chi connectivity index (χ3n) is 7.00. The zero-order valence-corrected chi connectivity index (χ0v) is 23.3. The van der Waals surface area contributed by atoms with E-state index in [9.17, 15) is 14.7 Å². The van der Waals surface area contributed by atoms with Gasteiger partial charge in [0.05, 0.1) is 12.8 Å². The molecule has 7 heteroatoms. The number of amides is 2. The van der Waals surface area contributed by atoms with Crippen LogP contribution in [0, 0.1) is 0 Å². The molecule has 210 valence electrons. The molecule has 5 aromatic carbocycles. The Labute approximate surface area is 249 Å². The van der Waals surface area contributed by atoms with Gasteiger partial charge in [-0.25, -0.2) is 4.99 Å². The molecule has 0 saturated heterocycles. The summed E-state index contributed by atoms with van der Waals surface area (Å²) in [7, 11) is 1.47. The average Bonchev–Trinajstić information content (AvgIpc) is 3.38. The van der Waals surface area contributed by atoms with Crippen LogP contribution >= 0.6 is 0 Å². The first kappa shape index (κ1) is 27.2. The van der Waals surface area contributed by atoms with Crippen LogP contribution in [0.25, 0.3) is 6.08 Å². The van der Waals surface area contributed by atoms with Gasteiger partial charge >= 0.3 is 0 Å². The van der Waals surface area contributed by atoms with Gasteiger partial charge in [0.1, 0.15) is 11.5 Å². The molecule has 0 atom stereocenters. The Kier molecular flexibility index (Phi) is 7.53. The second-order valence-electron chi connectivity index (χ2n) is 9.76. The maximum Gasteiger partial charge on any atom is 0.282 e. The van der Waals surface area contributed by atoms with E-state index in [-0.39, 0.29) is 23.3 Å². The molecule has 1 N–H and O–H groups in total. The second kappa shape index (κ2) is 11.9.